The van der Waals surface area contributed by atoms with Crippen molar-refractivity contribution in [2.24, 2.45) is 0 Å². The van der Waals surface area contributed by atoms with E-state index in [0.717, 1.165) is 18.7 Å². The Bertz CT molecular complexity index is 353. The smallest absolute Gasteiger partial charge is 0.322 e. The van der Waals surface area contributed by atoms with E-state index in [1.165, 1.54) is 0 Å². The van der Waals surface area contributed by atoms with Crippen molar-refractivity contribution in [1.82, 2.24) is 10.2 Å². The van der Waals surface area contributed by atoms with Crippen LogP contribution in [0.15, 0.2) is 30.3 Å². The Morgan fingerprint density at radius 3 is 2.88 bits per heavy atom. The minimum Gasteiger partial charge on any atom is -0.480 e. The van der Waals surface area contributed by atoms with Crippen LogP contribution in [-0.2, 0) is 11.3 Å². The van der Waals surface area contributed by atoms with Gasteiger partial charge in [-0.3, -0.25) is 9.69 Å². The van der Waals surface area contributed by atoms with Crippen molar-refractivity contribution in [3.8, 4) is 0 Å². The van der Waals surface area contributed by atoms with Crippen LogP contribution in [0.4, 0.5) is 0 Å². The molecule has 86 valence electrons. The predicted molar refractivity (Wildman–Crippen MR) is 61.1 cm³/mol. The molecule has 0 aliphatic carbocycles. The van der Waals surface area contributed by atoms with Gasteiger partial charge in [0, 0.05) is 26.2 Å². The van der Waals surface area contributed by atoms with Gasteiger partial charge in [-0.05, 0) is 5.56 Å². The Kier molecular flexibility index (Phi) is 3.54. The van der Waals surface area contributed by atoms with E-state index < -0.39 is 12.0 Å². The number of aliphatic carboxylic acids is 1. The maximum Gasteiger partial charge on any atom is 0.322 e. The van der Waals surface area contributed by atoms with Gasteiger partial charge < -0.3 is 10.4 Å². The molecule has 0 amide bonds. The molecule has 16 heavy (non-hydrogen) atoms. The van der Waals surface area contributed by atoms with Gasteiger partial charge >= 0.3 is 5.97 Å². The Morgan fingerprint density at radius 1 is 1.44 bits per heavy atom. The first-order chi connectivity index (χ1) is 7.77. The summed E-state index contributed by atoms with van der Waals surface area (Å²) in [6, 6.07) is 9.58. The van der Waals surface area contributed by atoms with Gasteiger partial charge in [0.1, 0.15) is 6.04 Å². The summed E-state index contributed by atoms with van der Waals surface area (Å²) >= 11 is 0. The molecule has 0 unspecified atom stereocenters. The highest BCUT2D eigenvalue weighted by molar-refractivity contribution is 5.74. The van der Waals surface area contributed by atoms with Crippen molar-refractivity contribution in [2.45, 2.75) is 12.6 Å². The van der Waals surface area contributed by atoms with Crippen molar-refractivity contribution in [3.63, 3.8) is 0 Å². The number of nitrogens with one attached hydrogen (secondary N) is 1. The summed E-state index contributed by atoms with van der Waals surface area (Å²) in [4.78, 5) is 13.1. The first kappa shape index (κ1) is 11.1. The molecule has 0 radical (unpaired) electrons. The maximum atomic E-state index is 11.1. The molecular weight excluding hydrogens is 204 g/mol. The molecule has 1 fully saturated rings. The third-order valence-corrected chi connectivity index (χ3v) is 2.87. The molecule has 1 atom stereocenters. The Labute approximate surface area is 94.9 Å². The number of benzene rings is 1. The number of nitrogens with zero attached hydrogens (tertiary/aromatic N) is 1. The molecule has 1 aromatic rings. The van der Waals surface area contributed by atoms with Gasteiger partial charge in [0.2, 0.25) is 0 Å². The van der Waals surface area contributed by atoms with E-state index in [2.05, 4.69) is 5.32 Å². The molecule has 2 N–H and O–H groups in total. The summed E-state index contributed by atoms with van der Waals surface area (Å²) in [5.74, 6) is -0.747. The highest BCUT2D eigenvalue weighted by atomic mass is 16.4. The van der Waals surface area contributed by atoms with Crippen LogP contribution < -0.4 is 5.32 Å². The molecule has 4 heteroatoms. The van der Waals surface area contributed by atoms with Crippen LogP contribution in [0.3, 0.4) is 0 Å². The van der Waals surface area contributed by atoms with Gasteiger partial charge in [-0.2, -0.15) is 0 Å². The Balaban J connectivity index is 2.04. The first-order valence-electron chi connectivity index (χ1n) is 5.49. The molecule has 0 aromatic heterocycles. The van der Waals surface area contributed by atoms with Crippen molar-refractivity contribution in [2.75, 3.05) is 19.6 Å². The average molecular weight is 220 g/mol. The number of carboxylic acids is 1. The van der Waals surface area contributed by atoms with E-state index >= 15 is 0 Å². The molecular formula is C12H16N2O2. The second-order valence-electron chi connectivity index (χ2n) is 4.01. The van der Waals surface area contributed by atoms with Crippen molar-refractivity contribution in [1.29, 1.82) is 0 Å². The number of carbonyl (C=O) groups is 1. The summed E-state index contributed by atoms with van der Waals surface area (Å²) in [6.07, 6.45) is 0. The molecule has 0 saturated carbocycles. The number of hydrogen-bond acceptors (Lipinski definition) is 3. The van der Waals surface area contributed by atoms with Gasteiger partial charge in [0.05, 0.1) is 0 Å². The van der Waals surface area contributed by atoms with E-state index in [-0.39, 0.29) is 0 Å². The summed E-state index contributed by atoms with van der Waals surface area (Å²) in [7, 11) is 0. The molecule has 2 rings (SSSR count). The van der Waals surface area contributed by atoms with Crippen LogP contribution in [0.5, 0.6) is 0 Å². The van der Waals surface area contributed by atoms with Crippen molar-refractivity contribution in [3.05, 3.63) is 35.9 Å². The van der Waals surface area contributed by atoms with E-state index in [1.54, 1.807) is 0 Å². The quantitative estimate of drug-likeness (QED) is 0.781. The normalized spacial score (nSPS) is 21.9. The van der Waals surface area contributed by atoms with E-state index in [1.807, 2.05) is 35.2 Å². The van der Waals surface area contributed by atoms with Crippen LogP contribution in [0.25, 0.3) is 0 Å². The third kappa shape index (κ3) is 2.59. The fourth-order valence-corrected chi connectivity index (χ4v) is 2.00. The molecule has 0 bridgehead atoms. The molecule has 4 nitrogen and oxygen atoms in total. The first-order valence-corrected chi connectivity index (χ1v) is 5.49. The summed E-state index contributed by atoms with van der Waals surface area (Å²) < 4.78 is 0. The fourth-order valence-electron chi connectivity index (χ4n) is 2.00. The van der Waals surface area contributed by atoms with E-state index in [4.69, 9.17) is 5.11 Å². The highest BCUT2D eigenvalue weighted by Gasteiger charge is 2.27. The largest absolute Gasteiger partial charge is 0.480 e. The van der Waals surface area contributed by atoms with Crippen LogP contribution in [0.2, 0.25) is 0 Å². The van der Waals surface area contributed by atoms with Gasteiger partial charge in [0.25, 0.3) is 0 Å². The molecule has 0 spiro atoms. The lowest BCUT2D eigenvalue weighted by Gasteiger charge is -2.33. The predicted octanol–water partition coefficient (Wildman–Crippen LogP) is 0.545. The van der Waals surface area contributed by atoms with E-state index in [9.17, 15) is 4.79 Å². The highest BCUT2D eigenvalue weighted by Crippen LogP contribution is 2.10. The van der Waals surface area contributed by atoms with Crippen molar-refractivity contribution < 1.29 is 9.90 Å². The van der Waals surface area contributed by atoms with Gasteiger partial charge in [-0.15, -0.1) is 0 Å². The van der Waals surface area contributed by atoms with Gasteiger partial charge in [-0.25, -0.2) is 0 Å². The van der Waals surface area contributed by atoms with Crippen LogP contribution >= 0.6 is 0 Å². The lowest BCUT2D eigenvalue weighted by molar-refractivity contribution is -0.144. The van der Waals surface area contributed by atoms with Gasteiger partial charge in [-0.1, -0.05) is 30.3 Å². The second-order valence-corrected chi connectivity index (χ2v) is 4.01. The zero-order valence-corrected chi connectivity index (χ0v) is 9.10. The molecule has 1 aliphatic heterocycles. The third-order valence-electron chi connectivity index (χ3n) is 2.87. The molecule has 1 saturated heterocycles. The monoisotopic (exact) mass is 220 g/mol. The number of carboxylic acid groups (broad SMARTS) is 1. The fraction of sp³-hybridized carbons (Fsp3) is 0.417. The van der Waals surface area contributed by atoms with Crippen molar-refractivity contribution >= 4 is 5.97 Å². The molecule has 1 aliphatic rings. The lowest BCUT2D eigenvalue weighted by Crippen LogP contribution is -2.54. The van der Waals surface area contributed by atoms with Crippen LogP contribution in [0, 0.1) is 0 Å². The minimum absolute atomic E-state index is 0.408. The number of hydrogen-bond donors (Lipinski definition) is 2. The number of piperazine rings is 1. The minimum atomic E-state index is -0.747. The Hall–Kier alpha value is -1.39. The Morgan fingerprint density at radius 2 is 2.19 bits per heavy atom. The van der Waals surface area contributed by atoms with Gasteiger partial charge in [0.15, 0.2) is 0 Å². The molecule has 1 aromatic carbocycles. The topological polar surface area (TPSA) is 52.6 Å². The van der Waals surface area contributed by atoms with Crippen LogP contribution in [-0.4, -0.2) is 41.7 Å². The maximum absolute atomic E-state index is 11.1. The molecule has 1 heterocycles. The standard InChI is InChI=1S/C12H16N2O2/c15-12(16)11-8-13-6-7-14(11)9-10-4-2-1-3-5-10/h1-5,11,13H,6-9H2,(H,15,16)/t11-/m0/s1. The zero-order valence-electron chi connectivity index (χ0n) is 9.10. The average Bonchev–Trinajstić information content (AvgIpc) is 2.31. The lowest BCUT2D eigenvalue weighted by atomic mass is 10.1. The second kappa shape index (κ2) is 5.09. The SMILES string of the molecule is O=C(O)[C@@H]1CNCCN1Cc1ccccc1. The summed E-state index contributed by atoms with van der Waals surface area (Å²) in [5.41, 5.74) is 1.16. The zero-order chi connectivity index (χ0) is 11.4. The summed E-state index contributed by atoms with van der Waals surface area (Å²) in [5, 5.41) is 12.2. The van der Waals surface area contributed by atoms with Crippen LogP contribution in [0.1, 0.15) is 5.56 Å². The summed E-state index contributed by atoms with van der Waals surface area (Å²) in [6.45, 7) is 2.88. The number of rotatable bonds is 3. The van der Waals surface area contributed by atoms with E-state index in [0.29, 0.717) is 13.1 Å².